The Morgan fingerprint density at radius 3 is 2.46 bits per heavy atom. The van der Waals surface area contributed by atoms with Crippen LogP contribution in [0.25, 0.3) is 0 Å². The maximum Gasteiger partial charge on any atom is 0.0734 e. The van der Waals surface area contributed by atoms with E-state index in [4.69, 9.17) is 10.4 Å². The van der Waals surface area contributed by atoms with Gasteiger partial charge in [-0.25, -0.2) is 0 Å². The third-order valence-corrected chi connectivity index (χ3v) is 2.05. The number of aryl methyl sites for hydroxylation is 1. The van der Waals surface area contributed by atoms with Crippen molar-refractivity contribution < 1.29 is 5.11 Å². The molecule has 0 bridgehead atoms. The summed E-state index contributed by atoms with van der Waals surface area (Å²) in [6.07, 6.45) is 0.513. The van der Waals surface area contributed by atoms with Crippen LogP contribution in [0, 0.1) is 18.3 Å². The Morgan fingerprint density at radius 2 is 2.00 bits per heavy atom. The van der Waals surface area contributed by atoms with Crippen molar-refractivity contribution in [3.8, 4) is 6.07 Å². The molecule has 13 heavy (non-hydrogen) atoms. The second-order valence-corrected chi connectivity index (χ2v) is 3.10. The number of nitriles is 1. The molecule has 0 aliphatic carbocycles. The van der Waals surface area contributed by atoms with Crippen molar-refractivity contribution >= 4 is 0 Å². The van der Waals surface area contributed by atoms with E-state index in [2.05, 4.69) is 6.07 Å². The lowest BCUT2D eigenvalue weighted by Crippen LogP contribution is -1.98. The van der Waals surface area contributed by atoms with Crippen molar-refractivity contribution in [2.75, 3.05) is 6.61 Å². The first kappa shape index (κ1) is 9.76. The first-order valence-corrected chi connectivity index (χ1v) is 4.35. The predicted octanol–water partition coefficient (Wildman–Crippen LogP) is 1.98. The second-order valence-electron chi connectivity index (χ2n) is 3.10. The molecule has 2 heteroatoms. The van der Waals surface area contributed by atoms with Crippen LogP contribution in [0.4, 0.5) is 0 Å². The fraction of sp³-hybridized carbons (Fsp3) is 0.364. The summed E-state index contributed by atoms with van der Waals surface area (Å²) in [5.74, 6) is -0.175. The third-order valence-electron chi connectivity index (χ3n) is 2.05. The number of benzene rings is 1. The Kier molecular flexibility index (Phi) is 3.48. The maximum atomic E-state index is 8.82. The zero-order valence-corrected chi connectivity index (χ0v) is 7.70. The van der Waals surface area contributed by atoms with E-state index in [-0.39, 0.29) is 12.5 Å². The Bertz CT molecular complexity index is 297. The molecule has 0 radical (unpaired) electrons. The molecule has 0 heterocycles. The number of rotatable bonds is 3. The van der Waals surface area contributed by atoms with Gasteiger partial charge in [0, 0.05) is 6.61 Å². The van der Waals surface area contributed by atoms with Crippen molar-refractivity contribution in [2.24, 2.45) is 0 Å². The van der Waals surface area contributed by atoms with Crippen molar-refractivity contribution in [1.29, 1.82) is 5.26 Å². The normalized spacial score (nSPS) is 12.1. The Hall–Kier alpha value is -1.33. The molecule has 0 aliphatic rings. The standard InChI is InChI=1S/C11H13NO/c1-9-2-4-10(5-3-9)11(8-12)6-7-13/h2-5,11,13H,6-7H2,1H3. The average Bonchev–Trinajstić information content (AvgIpc) is 2.16. The second kappa shape index (κ2) is 4.64. The van der Waals surface area contributed by atoms with Crippen molar-refractivity contribution in [2.45, 2.75) is 19.3 Å². The molecule has 1 aromatic carbocycles. The summed E-state index contributed by atoms with van der Waals surface area (Å²) in [5, 5.41) is 17.6. The van der Waals surface area contributed by atoms with Crippen molar-refractivity contribution in [1.82, 2.24) is 0 Å². The van der Waals surface area contributed by atoms with Crippen LogP contribution in [-0.2, 0) is 0 Å². The summed E-state index contributed by atoms with van der Waals surface area (Å²) < 4.78 is 0. The minimum absolute atomic E-state index is 0.0616. The van der Waals surface area contributed by atoms with Crippen LogP contribution in [0.15, 0.2) is 24.3 Å². The van der Waals surface area contributed by atoms with Crippen LogP contribution in [0.5, 0.6) is 0 Å². The minimum atomic E-state index is -0.175. The summed E-state index contributed by atoms with van der Waals surface area (Å²) in [5.41, 5.74) is 2.17. The maximum absolute atomic E-state index is 8.82. The first-order chi connectivity index (χ1) is 6.27. The van der Waals surface area contributed by atoms with E-state index in [1.54, 1.807) is 0 Å². The van der Waals surface area contributed by atoms with E-state index in [0.29, 0.717) is 6.42 Å². The molecule has 1 rings (SSSR count). The van der Waals surface area contributed by atoms with Crippen LogP contribution < -0.4 is 0 Å². The van der Waals surface area contributed by atoms with Crippen molar-refractivity contribution in [3.63, 3.8) is 0 Å². The molecule has 2 nitrogen and oxygen atoms in total. The zero-order chi connectivity index (χ0) is 9.68. The highest BCUT2D eigenvalue weighted by atomic mass is 16.3. The van der Waals surface area contributed by atoms with Gasteiger partial charge < -0.3 is 5.11 Å². The van der Waals surface area contributed by atoms with E-state index in [1.807, 2.05) is 31.2 Å². The SMILES string of the molecule is Cc1ccc(C(C#N)CCO)cc1. The molecule has 0 aliphatic heterocycles. The molecule has 0 aromatic heterocycles. The highest BCUT2D eigenvalue weighted by Gasteiger charge is 2.08. The molecule has 1 N–H and O–H groups in total. The van der Waals surface area contributed by atoms with E-state index >= 15 is 0 Å². The van der Waals surface area contributed by atoms with E-state index in [1.165, 1.54) is 5.56 Å². The summed E-state index contributed by atoms with van der Waals surface area (Å²) in [7, 11) is 0. The topological polar surface area (TPSA) is 44.0 Å². The van der Waals surface area contributed by atoms with E-state index < -0.39 is 0 Å². The van der Waals surface area contributed by atoms with Gasteiger partial charge in [0.15, 0.2) is 0 Å². The fourth-order valence-electron chi connectivity index (χ4n) is 1.23. The van der Waals surface area contributed by atoms with E-state index in [9.17, 15) is 0 Å². The number of nitrogens with zero attached hydrogens (tertiary/aromatic N) is 1. The van der Waals surface area contributed by atoms with Gasteiger partial charge in [0.05, 0.1) is 12.0 Å². The van der Waals surface area contributed by atoms with Crippen LogP contribution >= 0.6 is 0 Å². The molecule has 0 saturated heterocycles. The summed E-state index contributed by atoms with van der Waals surface area (Å²) in [6, 6.07) is 10.0. The molecular formula is C11H13NO. The smallest absolute Gasteiger partial charge is 0.0734 e. The monoisotopic (exact) mass is 175 g/mol. The fourth-order valence-corrected chi connectivity index (χ4v) is 1.23. The van der Waals surface area contributed by atoms with Gasteiger partial charge in [0.2, 0.25) is 0 Å². The van der Waals surface area contributed by atoms with Gasteiger partial charge in [-0.15, -0.1) is 0 Å². The molecule has 0 fully saturated rings. The number of aliphatic hydroxyl groups excluding tert-OH is 1. The lowest BCUT2D eigenvalue weighted by Gasteiger charge is -2.07. The average molecular weight is 175 g/mol. The molecule has 0 saturated carbocycles. The lowest BCUT2D eigenvalue weighted by atomic mass is 9.97. The van der Waals surface area contributed by atoms with Crippen LogP contribution in [0.3, 0.4) is 0 Å². The molecule has 0 spiro atoms. The van der Waals surface area contributed by atoms with Crippen LogP contribution in [-0.4, -0.2) is 11.7 Å². The minimum Gasteiger partial charge on any atom is -0.396 e. The Labute approximate surface area is 78.4 Å². The molecule has 1 aromatic rings. The Morgan fingerprint density at radius 1 is 1.38 bits per heavy atom. The Balaban J connectivity index is 2.81. The van der Waals surface area contributed by atoms with Gasteiger partial charge in [-0.1, -0.05) is 29.8 Å². The van der Waals surface area contributed by atoms with Gasteiger partial charge in [0.1, 0.15) is 0 Å². The summed E-state index contributed by atoms with van der Waals surface area (Å²) >= 11 is 0. The first-order valence-electron chi connectivity index (χ1n) is 4.35. The van der Waals surface area contributed by atoms with E-state index in [0.717, 1.165) is 5.56 Å². The highest BCUT2D eigenvalue weighted by Crippen LogP contribution is 2.18. The van der Waals surface area contributed by atoms with Gasteiger partial charge in [-0.05, 0) is 18.9 Å². The number of hydrogen-bond acceptors (Lipinski definition) is 2. The van der Waals surface area contributed by atoms with Gasteiger partial charge in [-0.3, -0.25) is 0 Å². The van der Waals surface area contributed by atoms with Crippen LogP contribution in [0.1, 0.15) is 23.5 Å². The lowest BCUT2D eigenvalue weighted by molar-refractivity contribution is 0.283. The highest BCUT2D eigenvalue weighted by molar-refractivity contribution is 5.27. The number of aliphatic hydroxyl groups is 1. The molecule has 1 unspecified atom stereocenters. The summed E-state index contributed by atoms with van der Waals surface area (Å²) in [4.78, 5) is 0. The van der Waals surface area contributed by atoms with Gasteiger partial charge >= 0.3 is 0 Å². The molecule has 1 atom stereocenters. The van der Waals surface area contributed by atoms with Crippen molar-refractivity contribution in [3.05, 3.63) is 35.4 Å². The van der Waals surface area contributed by atoms with Gasteiger partial charge in [-0.2, -0.15) is 5.26 Å². The summed E-state index contributed by atoms with van der Waals surface area (Å²) in [6.45, 7) is 2.07. The largest absolute Gasteiger partial charge is 0.396 e. The number of hydrogen-bond donors (Lipinski definition) is 1. The molecule has 68 valence electrons. The molecule has 0 amide bonds. The van der Waals surface area contributed by atoms with Gasteiger partial charge in [0.25, 0.3) is 0 Å². The zero-order valence-electron chi connectivity index (χ0n) is 7.70. The predicted molar refractivity (Wildman–Crippen MR) is 51.2 cm³/mol. The third kappa shape index (κ3) is 2.57. The molecular weight excluding hydrogens is 162 g/mol. The quantitative estimate of drug-likeness (QED) is 0.763. The van der Waals surface area contributed by atoms with Crippen LogP contribution in [0.2, 0.25) is 0 Å².